The molecule has 2 amide bonds. The van der Waals surface area contributed by atoms with E-state index in [2.05, 4.69) is 10.6 Å². The Morgan fingerprint density at radius 2 is 1.72 bits per heavy atom. The molecule has 0 saturated heterocycles. The minimum absolute atomic E-state index is 0.148. The van der Waals surface area contributed by atoms with Gasteiger partial charge in [0, 0.05) is 16.3 Å². The summed E-state index contributed by atoms with van der Waals surface area (Å²) < 4.78 is 13.4. The van der Waals surface area contributed by atoms with Crippen LogP contribution in [0, 0.1) is 18.7 Å². The largest absolute Gasteiger partial charge is 0.340 e. The van der Waals surface area contributed by atoms with E-state index in [0.717, 1.165) is 5.56 Å². The summed E-state index contributed by atoms with van der Waals surface area (Å²) in [6, 6.07) is 9.80. The van der Waals surface area contributed by atoms with Gasteiger partial charge in [-0.2, -0.15) is 0 Å². The van der Waals surface area contributed by atoms with E-state index in [1.54, 1.807) is 37.3 Å². The average molecular weight is 363 g/mol. The molecule has 0 aliphatic carbocycles. The first kappa shape index (κ1) is 18.9. The summed E-state index contributed by atoms with van der Waals surface area (Å²) in [6.07, 6.45) is 0. The van der Waals surface area contributed by atoms with E-state index >= 15 is 0 Å². The fourth-order valence-corrected chi connectivity index (χ4v) is 2.43. The minimum Gasteiger partial charge on any atom is -0.340 e. The zero-order valence-electron chi connectivity index (χ0n) is 14.3. The maximum Gasteiger partial charge on any atom is 0.251 e. The lowest BCUT2D eigenvalue weighted by Gasteiger charge is -2.22. The number of carbonyl (C=O) groups is 2. The Labute approximate surface area is 151 Å². The molecular formula is C19H20ClFN2O2. The number of aryl methyl sites for hydroxylation is 1. The van der Waals surface area contributed by atoms with Crippen LogP contribution < -0.4 is 10.6 Å². The van der Waals surface area contributed by atoms with E-state index in [1.165, 1.54) is 12.1 Å². The van der Waals surface area contributed by atoms with Crippen LogP contribution in [0.2, 0.25) is 5.02 Å². The van der Waals surface area contributed by atoms with Crippen LogP contribution in [0.25, 0.3) is 0 Å². The molecule has 2 rings (SSSR count). The standard InChI is InChI=1S/C19H20ClFN2O2/c1-11(2)17(23-18(24)13-5-7-14(20)8-6-13)19(25)22-16-10-15(21)9-4-12(16)3/h4-11,17H,1-3H3,(H,22,25)(H,23,24)/t17-/m0/s1. The molecule has 0 heterocycles. The number of hydrogen-bond donors (Lipinski definition) is 2. The fourth-order valence-electron chi connectivity index (χ4n) is 2.30. The predicted octanol–water partition coefficient (Wildman–Crippen LogP) is 4.18. The van der Waals surface area contributed by atoms with E-state index < -0.39 is 17.8 Å². The van der Waals surface area contributed by atoms with Crippen molar-refractivity contribution in [3.8, 4) is 0 Å². The van der Waals surface area contributed by atoms with Crippen molar-refractivity contribution in [2.75, 3.05) is 5.32 Å². The lowest BCUT2D eigenvalue weighted by molar-refractivity contribution is -0.118. The molecule has 25 heavy (non-hydrogen) atoms. The molecule has 0 unspecified atom stereocenters. The molecule has 0 aromatic heterocycles. The van der Waals surface area contributed by atoms with E-state index in [9.17, 15) is 14.0 Å². The molecule has 0 radical (unpaired) electrons. The summed E-state index contributed by atoms with van der Waals surface area (Å²) in [6.45, 7) is 5.42. The van der Waals surface area contributed by atoms with Gasteiger partial charge in [0.05, 0.1) is 0 Å². The lowest BCUT2D eigenvalue weighted by atomic mass is 10.0. The highest BCUT2D eigenvalue weighted by molar-refractivity contribution is 6.30. The molecule has 2 aromatic carbocycles. The number of halogens is 2. The Morgan fingerprint density at radius 1 is 1.08 bits per heavy atom. The number of rotatable bonds is 5. The molecular weight excluding hydrogens is 343 g/mol. The van der Waals surface area contributed by atoms with Crippen LogP contribution in [-0.4, -0.2) is 17.9 Å². The summed E-state index contributed by atoms with van der Waals surface area (Å²) in [5.41, 5.74) is 1.53. The zero-order chi connectivity index (χ0) is 18.6. The molecule has 0 fully saturated rings. The van der Waals surface area contributed by atoms with E-state index in [0.29, 0.717) is 16.3 Å². The van der Waals surface area contributed by atoms with Gasteiger partial charge >= 0.3 is 0 Å². The normalized spacial score (nSPS) is 11.9. The van der Waals surface area contributed by atoms with Crippen molar-refractivity contribution in [1.29, 1.82) is 0 Å². The fraction of sp³-hybridized carbons (Fsp3) is 0.263. The van der Waals surface area contributed by atoms with Crippen molar-refractivity contribution < 1.29 is 14.0 Å². The molecule has 132 valence electrons. The van der Waals surface area contributed by atoms with Gasteiger partial charge in [0.1, 0.15) is 11.9 Å². The second-order valence-corrected chi connectivity index (χ2v) is 6.59. The zero-order valence-corrected chi connectivity index (χ0v) is 15.0. The Kier molecular flexibility index (Phi) is 6.15. The topological polar surface area (TPSA) is 58.2 Å². The number of hydrogen-bond acceptors (Lipinski definition) is 2. The maximum absolute atomic E-state index is 13.4. The molecule has 0 saturated carbocycles. The maximum atomic E-state index is 13.4. The first-order chi connectivity index (χ1) is 11.8. The summed E-state index contributed by atoms with van der Waals surface area (Å²) in [5.74, 6) is -1.36. The molecule has 2 N–H and O–H groups in total. The smallest absolute Gasteiger partial charge is 0.251 e. The van der Waals surface area contributed by atoms with E-state index in [4.69, 9.17) is 11.6 Å². The molecule has 0 aliphatic heterocycles. The van der Waals surface area contributed by atoms with Gasteiger partial charge in [0.15, 0.2) is 0 Å². The second-order valence-electron chi connectivity index (χ2n) is 6.15. The predicted molar refractivity (Wildman–Crippen MR) is 97.3 cm³/mol. The van der Waals surface area contributed by atoms with Crippen molar-refractivity contribution in [1.82, 2.24) is 5.32 Å². The third kappa shape index (κ3) is 5.03. The van der Waals surface area contributed by atoms with Gasteiger partial charge in [0.25, 0.3) is 5.91 Å². The highest BCUT2D eigenvalue weighted by Crippen LogP contribution is 2.17. The minimum atomic E-state index is -0.758. The van der Waals surface area contributed by atoms with Crippen LogP contribution in [0.4, 0.5) is 10.1 Å². The van der Waals surface area contributed by atoms with Crippen LogP contribution >= 0.6 is 11.6 Å². The van der Waals surface area contributed by atoms with Crippen LogP contribution in [0.5, 0.6) is 0 Å². The molecule has 0 bridgehead atoms. The molecule has 4 nitrogen and oxygen atoms in total. The number of benzene rings is 2. The Bertz CT molecular complexity index is 775. The van der Waals surface area contributed by atoms with Gasteiger partial charge in [-0.3, -0.25) is 9.59 Å². The van der Waals surface area contributed by atoms with Crippen molar-refractivity contribution in [2.24, 2.45) is 5.92 Å². The summed E-state index contributed by atoms with van der Waals surface area (Å²) in [7, 11) is 0. The summed E-state index contributed by atoms with van der Waals surface area (Å²) >= 11 is 5.81. The Hall–Kier alpha value is -2.40. The molecule has 2 aromatic rings. The second kappa shape index (κ2) is 8.12. The van der Waals surface area contributed by atoms with E-state index in [1.807, 2.05) is 13.8 Å². The van der Waals surface area contributed by atoms with Crippen molar-refractivity contribution in [3.63, 3.8) is 0 Å². The van der Waals surface area contributed by atoms with Crippen LogP contribution in [0.1, 0.15) is 29.8 Å². The molecule has 0 spiro atoms. The Morgan fingerprint density at radius 3 is 2.32 bits per heavy atom. The SMILES string of the molecule is Cc1ccc(F)cc1NC(=O)[C@@H](NC(=O)c1ccc(Cl)cc1)C(C)C. The molecule has 6 heteroatoms. The van der Waals surface area contributed by atoms with Gasteiger partial charge in [0.2, 0.25) is 5.91 Å². The first-order valence-corrected chi connectivity index (χ1v) is 8.29. The summed E-state index contributed by atoms with van der Waals surface area (Å²) in [5, 5.41) is 5.93. The van der Waals surface area contributed by atoms with Crippen molar-refractivity contribution in [3.05, 3.63) is 64.4 Å². The third-order valence-corrected chi connectivity index (χ3v) is 4.05. The number of amides is 2. The van der Waals surface area contributed by atoms with Crippen LogP contribution in [0.3, 0.4) is 0 Å². The van der Waals surface area contributed by atoms with Gasteiger partial charge in [-0.15, -0.1) is 0 Å². The highest BCUT2D eigenvalue weighted by atomic mass is 35.5. The quantitative estimate of drug-likeness (QED) is 0.838. The third-order valence-electron chi connectivity index (χ3n) is 3.80. The van der Waals surface area contributed by atoms with Crippen molar-refractivity contribution in [2.45, 2.75) is 26.8 Å². The first-order valence-electron chi connectivity index (χ1n) is 7.91. The van der Waals surface area contributed by atoms with Gasteiger partial charge < -0.3 is 10.6 Å². The van der Waals surface area contributed by atoms with Crippen LogP contribution in [0.15, 0.2) is 42.5 Å². The molecule has 0 aliphatic rings. The van der Waals surface area contributed by atoms with Crippen LogP contribution in [-0.2, 0) is 4.79 Å². The Balaban J connectivity index is 2.14. The number of carbonyl (C=O) groups excluding carboxylic acids is 2. The monoisotopic (exact) mass is 362 g/mol. The molecule has 1 atom stereocenters. The van der Waals surface area contributed by atoms with E-state index in [-0.39, 0.29) is 11.8 Å². The number of anilines is 1. The summed E-state index contributed by atoms with van der Waals surface area (Å²) in [4.78, 5) is 24.9. The average Bonchev–Trinajstić information content (AvgIpc) is 2.56. The van der Waals surface area contributed by atoms with Gasteiger partial charge in [-0.25, -0.2) is 4.39 Å². The van der Waals surface area contributed by atoms with Crippen molar-refractivity contribution >= 4 is 29.1 Å². The highest BCUT2D eigenvalue weighted by Gasteiger charge is 2.25. The van der Waals surface area contributed by atoms with Gasteiger partial charge in [-0.1, -0.05) is 31.5 Å². The number of nitrogens with one attached hydrogen (secondary N) is 2. The van der Waals surface area contributed by atoms with Gasteiger partial charge in [-0.05, 0) is 54.8 Å². The lowest BCUT2D eigenvalue weighted by Crippen LogP contribution is -2.47.